The summed E-state index contributed by atoms with van der Waals surface area (Å²) in [6.45, 7) is 28.0. The van der Waals surface area contributed by atoms with Crippen molar-refractivity contribution in [3.8, 4) is 0 Å². The van der Waals surface area contributed by atoms with Gasteiger partial charge in [-0.2, -0.15) is 0 Å². The van der Waals surface area contributed by atoms with Crippen molar-refractivity contribution in [1.82, 2.24) is 0 Å². The average Bonchev–Trinajstić information content (AvgIpc) is 2.66. The summed E-state index contributed by atoms with van der Waals surface area (Å²) in [6, 6.07) is 0. The molecule has 0 saturated heterocycles. The van der Waals surface area contributed by atoms with Gasteiger partial charge in [0.1, 0.15) is 0 Å². The van der Waals surface area contributed by atoms with Crippen molar-refractivity contribution >= 4 is 0 Å². The molecule has 0 nitrogen and oxygen atoms in total. The fourth-order valence-electron chi connectivity index (χ4n) is 4.25. The van der Waals surface area contributed by atoms with Crippen LogP contribution in [0.4, 0.5) is 0 Å². The molecule has 0 spiro atoms. The molecular weight excluding hydrogens is 288 g/mol. The maximum Gasteiger partial charge on any atom is -0.00976 e. The van der Waals surface area contributed by atoms with Crippen molar-refractivity contribution in [1.29, 1.82) is 0 Å². The van der Waals surface area contributed by atoms with Gasteiger partial charge in [0.05, 0.1) is 0 Å². The van der Waals surface area contributed by atoms with Gasteiger partial charge >= 0.3 is 0 Å². The van der Waals surface area contributed by atoms with E-state index in [1.807, 2.05) is 13.8 Å². The highest BCUT2D eigenvalue weighted by molar-refractivity contribution is 5.35. The number of hydrogen-bond acceptors (Lipinski definition) is 0. The Labute approximate surface area is 154 Å². The van der Waals surface area contributed by atoms with E-state index in [0.717, 1.165) is 11.8 Å². The maximum atomic E-state index is 2.42. The lowest BCUT2D eigenvalue weighted by molar-refractivity contribution is 0.392. The van der Waals surface area contributed by atoms with Crippen LogP contribution >= 0.6 is 0 Å². The highest BCUT2D eigenvalue weighted by Gasteiger charge is 2.31. The molecule has 0 N–H and O–H groups in total. The minimum atomic E-state index is 0.666. The summed E-state index contributed by atoms with van der Waals surface area (Å²) < 4.78 is 0. The largest absolute Gasteiger partial charge is 0.0683 e. The summed E-state index contributed by atoms with van der Waals surface area (Å²) in [7, 11) is 0. The predicted molar refractivity (Wildman–Crippen MR) is 112 cm³/mol. The Morgan fingerprint density at radius 1 is 0.583 bits per heavy atom. The zero-order valence-corrected chi connectivity index (χ0v) is 18.9. The van der Waals surface area contributed by atoms with E-state index in [0.29, 0.717) is 23.7 Å². The smallest absolute Gasteiger partial charge is 0.00976 e. The molecule has 0 saturated carbocycles. The van der Waals surface area contributed by atoms with Gasteiger partial charge in [-0.25, -0.2) is 0 Å². The first-order valence-corrected chi connectivity index (χ1v) is 10.5. The van der Waals surface area contributed by atoms with E-state index < -0.39 is 0 Å². The van der Waals surface area contributed by atoms with E-state index in [1.165, 1.54) is 12.8 Å². The second-order valence-corrected chi connectivity index (χ2v) is 8.88. The molecule has 24 heavy (non-hydrogen) atoms. The van der Waals surface area contributed by atoms with Crippen molar-refractivity contribution in [2.24, 2.45) is 35.5 Å². The van der Waals surface area contributed by atoms with Gasteiger partial charge < -0.3 is 0 Å². The van der Waals surface area contributed by atoms with Gasteiger partial charge in [-0.05, 0) is 48.3 Å². The topological polar surface area (TPSA) is 0 Å². The third kappa shape index (κ3) is 5.78. The standard InChI is InChI=1S/C22H40.C2H6/c1-13(2)18-11-20(15(5)6)22(17(9)10)21(16(7)8)12-19(18)14(3)4;1-2/h13-17,20H,11-12H2,1-10H3;1-2H3. The van der Waals surface area contributed by atoms with Crippen molar-refractivity contribution in [2.75, 3.05) is 0 Å². The Hall–Kier alpha value is -0.520. The summed E-state index contributed by atoms with van der Waals surface area (Å²) >= 11 is 0. The highest BCUT2D eigenvalue weighted by Crippen LogP contribution is 2.45. The molecule has 0 bridgehead atoms. The van der Waals surface area contributed by atoms with Crippen molar-refractivity contribution in [3.05, 3.63) is 22.3 Å². The Kier molecular flexibility index (Phi) is 10.2. The van der Waals surface area contributed by atoms with Crippen LogP contribution < -0.4 is 0 Å². The third-order valence-corrected chi connectivity index (χ3v) is 5.52. The van der Waals surface area contributed by atoms with Crippen molar-refractivity contribution in [2.45, 2.75) is 95.9 Å². The predicted octanol–water partition coefficient (Wildman–Crippen LogP) is 8.30. The van der Waals surface area contributed by atoms with Gasteiger partial charge in [-0.3, -0.25) is 0 Å². The van der Waals surface area contributed by atoms with Gasteiger partial charge in [0.25, 0.3) is 0 Å². The fraction of sp³-hybridized carbons (Fsp3) is 0.833. The van der Waals surface area contributed by atoms with Crippen molar-refractivity contribution in [3.63, 3.8) is 0 Å². The first kappa shape index (κ1) is 23.5. The van der Waals surface area contributed by atoms with Crippen LogP contribution in [-0.4, -0.2) is 0 Å². The van der Waals surface area contributed by atoms with Crippen LogP contribution in [0.3, 0.4) is 0 Å². The molecular formula is C24H46. The van der Waals surface area contributed by atoms with Gasteiger partial charge in [0.15, 0.2) is 0 Å². The number of hydrogen-bond donors (Lipinski definition) is 0. The summed E-state index contributed by atoms with van der Waals surface area (Å²) in [4.78, 5) is 0. The number of rotatable bonds is 5. The Bertz CT molecular complexity index is 427. The zero-order valence-electron chi connectivity index (χ0n) is 18.9. The molecule has 0 heterocycles. The van der Waals surface area contributed by atoms with Gasteiger partial charge in [-0.15, -0.1) is 0 Å². The Morgan fingerprint density at radius 2 is 1.00 bits per heavy atom. The summed E-state index contributed by atoms with van der Waals surface area (Å²) in [6.07, 6.45) is 2.51. The van der Waals surface area contributed by atoms with E-state index in [4.69, 9.17) is 0 Å². The van der Waals surface area contributed by atoms with Crippen molar-refractivity contribution < 1.29 is 0 Å². The second-order valence-electron chi connectivity index (χ2n) is 8.88. The maximum absolute atomic E-state index is 2.42. The van der Waals surface area contributed by atoms with Crippen LogP contribution in [0.1, 0.15) is 95.9 Å². The normalized spacial score (nSPS) is 19.6. The second kappa shape index (κ2) is 10.5. The first-order valence-electron chi connectivity index (χ1n) is 10.5. The summed E-state index contributed by atoms with van der Waals surface area (Å²) in [5, 5.41) is 0. The Balaban J connectivity index is 0.00000254. The van der Waals surface area contributed by atoms with E-state index in [9.17, 15) is 0 Å². The van der Waals surface area contributed by atoms with Crippen LogP contribution in [0.2, 0.25) is 0 Å². The minimum absolute atomic E-state index is 0.666. The van der Waals surface area contributed by atoms with E-state index in [1.54, 1.807) is 22.3 Å². The molecule has 1 atom stereocenters. The lowest BCUT2D eigenvalue weighted by Crippen LogP contribution is -2.19. The molecule has 0 radical (unpaired) electrons. The molecule has 1 unspecified atom stereocenters. The van der Waals surface area contributed by atoms with Crippen LogP contribution in [-0.2, 0) is 0 Å². The van der Waals surface area contributed by atoms with E-state index in [-0.39, 0.29) is 0 Å². The molecule has 1 rings (SSSR count). The van der Waals surface area contributed by atoms with E-state index in [2.05, 4.69) is 69.2 Å². The molecule has 1 aliphatic carbocycles. The van der Waals surface area contributed by atoms with Gasteiger partial charge in [-0.1, -0.05) is 105 Å². The summed E-state index contributed by atoms with van der Waals surface area (Å²) in [5.74, 6) is 4.14. The number of allylic oxidation sites excluding steroid dienone is 4. The summed E-state index contributed by atoms with van der Waals surface area (Å²) in [5.41, 5.74) is 7.01. The van der Waals surface area contributed by atoms with Crippen LogP contribution in [0.25, 0.3) is 0 Å². The molecule has 0 aliphatic heterocycles. The molecule has 1 aliphatic rings. The average molecular weight is 335 g/mol. The molecule has 142 valence electrons. The minimum Gasteiger partial charge on any atom is -0.0683 e. The van der Waals surface area contributed by atoms with Gasteiger partial charge in [0.2, 0.25) is 0 Å². The SMILES string of the molecule is CC.CC(C)C1=C(C(C)C)CC(C(C)C)C(C(C)C)=C(C(C)C)C1. The molecule has 0 aromatic carbocycles. The van der Waals surface area contributed by atoms with Gasteiger partial charge in [0, 0.05) is 0 Å². The lowest BCUT2D eigenvalue weighted by atomic mass is 9.75. The molecule has 0 amide bonds. The highest BCUT2D eigenvalue weighted by atomic mass is 14.4. The fourth-order valence-corrected chi connectivity index (χ4v) is 4.25. The lowest BCUT2D eigenvalue weighted by Gasteiger charge is -2.30. The third-order valence-electron chi connectivity index (χ3n) is 5.52. The zero-order chi connectivity index (χ0) is 19.2. The molecule has 0 aromatic heterocycles. The van der Waals surface area contributed by atoms with Crippen LogP contribution in [0.5, 0.6) is 0 Å². The van der Waals surface area contributed by atoms with E-state index >= 15 is 0 Å². The molecule has 0 heteroatoms. The monoisotopic (exact) mass is 334 g/mol. The Morgan fingerprint density at radius 3 is 1.29 bits per heavy atom. The first-order chi connectivity index (χ1) is 11.1. The quantitative estimate of drug-likeness (QED) is 0.443. The van der Waals surface area contributed by atoms with Crippen LogP contribution in [0.15, 0.2) is 22.3 Å². The molecule has 0 aromatic rings. The van der Waals surface area contributed by atoms with Crippen LogP contribution in [0, 0.1) is 35.5 Å². The molecule has 0 fully saturated rings.